The van der Waals surface area contributed by atoms with E-state index < -0.39 is 15.6 Å². The number of hydrogen-bond donors (Lipinski definition) is 0. The molecule has 0 atom stereocenters. The molecule has 114 valence electrons. The number of amides is 1. The number of nitrogens with zero attached hydrogens (tertiary/aromatic N) is 2. The molecule has 1 aromatic heterocycles. The lowest BCUT2D eigenvalue weighted by molar-refractivity contribution is -0.129. The second-order valence-corrected chi connectivity index (χ2v) is 7.33. The van der Waals surface area contributed by atoms with Crippen molar-refractivity contribution in [2.45, 2.75) is 25.0 Å². The summed E-state index contributed by atoms with van der Waals surface area (Å²) in [5.41, 5.74) is 2.76. The predicted molar refractivity (Wildman–Crippen MR) is 81.7 cm³/mol. The van der Waals surface area contributed by atoms with Crippen molar-refractivity contribution in [3.05, 3.63) is 59.3 Å². The van der Waals surface area contributed by atoms with Gasteiger partial charge in [0.1, 0.15) is 5.75 Å². The van der Waals surface area contributed by atoms with Crippen LogP contribution in [0, 0.1) is 6.92 Å². The number of hydrogen-bond acceptors (Lipinski definition) is 4. The van der Waals surface area contributed by atoms with Crippen LogP contribution in [0.25, 0.3) is 0 Å². The molecule has 0 N–H and O–H groups in total. The van der Waals surface area contributed by atoms with Crippen molar-refractivity contribution in [2.24, 2.45) is 0 Å². The van der Waals surface area contributed by atoms with Crippen LogP contribution < -0.4 is 0 Å². The first-order chi connectivity index (χ1) is 10.5. The zero-order chi connectivity index (χ0) is 15.7. The first-order valence-corrected chi connectivity index (χ1v) is 8.62. The Hall–Kier alpha value is -2.21. The third-order valence-corrected chi connectivity index (χ3v) is 5.18. The molecular weight excluding hydrogens is 300 g/mol. The Labute approximate surface area is 129 Å². The van der Waals surface area contributed by atoms with Gasteiger partial charge in [0.05, 0.1) is 0 Å². The Morgan fingerprint density at radius 3 is 2.32 bits per heavy atom. The van der Waals surface area contributed by atoms with Crippen molar-refractivity contribution >= 4 is 15.7 Å². The molecule has 0 aliphatic carbocycles. The van der Waals surface area contributed by atoms with E-state index in [2.05, 4.69) is 4.98 Å². The van der Waals surface area contributed by atoms with E-state index in [1.165, 1.54) is 6.07 Å². The smallest absolute Gasteiger partial charge is 0.238 e. The second-order valence-electron chi connectivity index (χ2n) is 5.39. The molecule has 0 saturated carbocycles. The van der Waals surface area contributed by atoms with Gasteiger partial charge in [-0.05, 0) is 30.2 Å². The van der Waals surface area contributed by atoms with Crippen LogP contribution >= 0.6 is 0 Å². The Bertz CT molecular complexity index is 806. The van der Waals surface area contributed by atoms with E-state index in [1.54, 1.807) is 24.0 Å². The molecule has 1 amide bonds. The number of rotatable bonds is 3. The third-order valence-electron chi connectivity index (χ3n) is 3.69. The van der Waals surface area contributed by atoms with E-state index in [9.17, 15) is 13.2 Å². The summed E-state index contributed by atoms with van der Waals surface area (Å²) in [6.45, 7) is 2.65. The highest BCUT2D eigenvalue weighted by atomic mass is 32.2. The number of aromatic nitrogens is 1. The van der Waals surface area contributed by atoms with E-state index in [4.69, 9.17) is 0 Å². The molecule has 0 spiro atoms. The largest absolute Gasteiger partial charge is 0.333 e. The topological polar surface area (TPSA) is 67.3 Å². The van der Waals surface area contributed by atoms with Gasteiger partial charge in [-0.2, -0.15) is 0 Å². The Balaban J connectivity index is 1.75. The van der Waals surface area contributed by atoms with Crippen LogP contribution in [-0.2, 0) is 27.7 Å². The van der Waals surface area contributed by atoms with Crippen LogP contribution in [0.5, 0.6) is 0 Å². The fourth-order valence-electron chi connectivity index (χ4n) is 2.53. The maximum Gasteiger partial charge on any atom is 0.238 e. The standard InChI is InChI=1S/C16H16N2O3S/c1-12-5-4-8-15(17-12)22(20,21)11-16(19)18-9-13-6-2-3-7-14(13)10-18/h2-8H,9-11H2,1H3. The van der Waals surface area contributed by atoms with Gasteiger partial charge in [-0.3, -0.25) is 4.79 Å². The van der Waals surface area contributed by atoms with Crippen molar-refractivity contribution in [3.8, 4) is 0 Å². The van der Waals surface area contributed by atoms with Crippen molar-refractivity contribution < 1.29 is 13.2 Å². The summed E-state index contributed by atoms with van der Waals surface area (Å²) in [5.74, 6) is -0.934. The minimum atomic E-state index is -3.71. The Morgan fingerprint density at radius 1 is 1.09 bits per heavy atom. The molecule has 22 heavy (non-hydrogen) atoms. The summed E-state index contributed by atoms with van der Waals surface area (Å²) in [6, 6.07) is 12.5. The number of carbonyl (C=O) groups excluding carboxylic acids is 1. The average Bonchev–Trinajstić information content (AvgIpc) is 2.91. The molecule has 6 heteroatoms. The molecule has 5 nitrogen and oxygen atoms in total. The van der Waals surface area contributed by atoms with Gasteiger partial charge in [0.2, 0.25) is 15.7 Å². The lowest BCUT2D eigenvalue weighted by Gasteiger charge is -2.15. The van der Waals surface area contributed by atoms with E-state index >= 15 is 0 Å². The zero-order valence-corrected chi connectivity index (χ0v) is 13.0. The molecule has 3 rings (SSSR count). The van der Waals surface area contributed by atoms with Crippen LogP contribution in [0.1, 0.15) is 16.8 Å². The monoisotopic (exact) mass is 316 g/mol. The molecule has 0 saturated heterocycles. The predicted octanol–water partition coefficient (Wildman–Crippen LogP) is 1.71. The third kappa shape index (κ3) is 2.87. The SMILES string of the molecule is Cc1cccc(S(=O)(=O)CC(=O)N2Cc3ccccc3C2)n1. The van der Waals surface area contributed by atoms with E-state index in [1.807, 2.05) is 24.3 Å². The van der Waals surface area contributed by atoms with Gasteiger partial charge >= 0.3 is 0 Å². The van der Waals surface area contributed by atoms with Crippen molar-refractivity contribution in [2.75, 3.05) is 5.75 Å². The highest BCUT2D eigenvalue weighted by molar-refractivity contribution is 7.92. The normalized spacial score (nSPS) is 14.0. The lowest BCUT2D eigenvalue weighted by atomic mass is 10.1. The van der Waals surface area contributed by atoms with E-state index in [0.717, 1.165) is 11.1 Å². The van der Waals surface area contributed by atoms with E-state index in [0.29, 0.717) is 18.8 Å². The van der Waals surface area contributed by atoms with Crippen LogP contribution in [0.3, 0.4) is 0 Å². The summed E-state index contributed by atoms with van der Waals surface area (Å²) < 4.78 is 24.6. The van der Waals surface area contributed by atoms with Crippen molar-refractivity contribution in [3.63, 3.8) is 0 Å². The lowest BCUT2D eigenvalue weighted by Crippen LogP contribution is -2.31. The maximum absolute atomic E-state index is 12.3. The molecule has 0 fully saturated rings. The van der Waals surface area contributed by atoms with Gasteiger partial charge in [0, 0.05) is 18.8 Å². The molecule has 1 aromatic carbocycles. The van der Waals surface area contributed by atoms with Gasteiger partial charge in [-0.25, -0.2) is 13.4 Å². The van der Waals surface area contributed by atoms with Crippen LogP contribution in [-0.4, -0.2) is 30.0 Å². The van der Waals surface area contributed by atoms with Gasteiger partial charge in [0.15, 0.2) is 5.03 Å². The van der Waals surface area contributed by atoms with Crippen LogP contribution in [0.15, 0.2) is 47.5 Å². The second kappa shape index (κ2) is 5.53. The molecule has 0 bridgehead atoms. The van der Waals surface area contributed by atoms with Gasteiger partial charge in [-0.1, -0.05) is 30.3 Å². The Kier molecular flexibility index (Phi) is 3.70. The summed E-state index contributed by atoms with van der Waals surface area (Å²) in [7, 11) is -3.71. The highest BCUT2D eigenvalue weighted by Gasteiger charge is 2.28. The quantitative estimate of drug-likeness (QED) is 0.864. The average molecular weight is 316 g/mol. The fraction of sp³-hybridized carbons (Fsp3) is 0.250. The van der Waals surface area contributed by atoms with Crippen LogP contribution in [0.4, 0.5) is 0 Å². The van der Waals surface area contributed by atoms with E-state index in [-0.39, 0.29) is 10.9 Å². The molecule has 1 aliphatic heterocycles. The Morgan fingerprint density at radius 2 is 1.73 bits per heavy atom. The number of fused-ring (bicyclic) bond motifs is 1. The van der Waals surface area contributed by atoms with Crippen molar-refractivity contribution in [1.82, 2.24) is 9.88 Å². The number of sulfone groups is 1. The van der Waals surface area contributed by atoms with Crippen molar-refractivity contribution in [1.29, 1.82) is 0 Å². The summed E-state index contributed by atoms with van der Waals surface area (Å²) in [6.07, 6.45) is 0. The molecule has 0 radical (unpaired) electrons. The number of pyridine rings is 1. The molecule has 2 aromatic rings. The summed E-state index contributed by atoms with van der Waals surface area (Å²) in [4.78, 5) is 17.9. The van der Waals surface area contributed by atoms with Gasteiger partial charge < -0.3 is 4.90 Å². The minimum absolute atomic E-state index is 0.0439. The van der Waals surface area contributed by atoms with Crippen LogP contribution in [0.2, 0.25) is 0 Å². The first-order valence-electron chi connectivity index (χ1n) is 6.97. The van der Waals surface area contributed by atoms with Gasteiger partial charge in [-0.15, -0.1) is 0 Å². The summed E-state index contributed by atoms with van der Waals surface area (Å²) in [5, 5.41) is -0.0439. The molecule has 0 unspecified atom stereocenters. The minimum Gasteiger partial charge on any atom is -0.333 e. The maximum atomic E-state index is 12.3. The molecule has 2 heterocycles. The molecular formula is C16H16N2O3S. The summed E-state index contributed by atoms with van der Waals surface area (Å²) >= 11 is 0. The number of benzene rings is 1. The zero-order valence-electron chi connectivity index (χ0n) is 12.2. The fourth-order valence-corrected chi connectivity index (χ4v) is 3.75. The first kappa shape index (κ1) is 14.7. The highest BCUT2D eigenvalue weighted by Crippen LogP contribution is 2.23. The number of carbonyl (C=O) groups is 1. The molecule has 1 aliphatic rings. The van der Waals surface area contributed by atoms with Gasteiger partial charge in [0.25, 0.3) is 0 Å². The number of aryl methyl sites for hydroxylation is 1.